The third kappa shape index (κ3) is 5.70. The van der Waals surface area contributed by atoms with Gasteiger partial charge in [0.25, 0.3) is 5.56 Å². The highest BCUT2D eigenvalue weighted by Crippen LogP contribution is 2.32. The zero-order chi connectivity index (χ0) is 24.7. The molecule has 4 N–H and O–H groups in total. The van der Waals surface area contributed by atoms with Gasteiger partial charge in [0.05, 0.1) is 5.69 Å². The number of aromatic carboxylic acids is 1. The number of nitrogens with one attached hydrogen (secondary N) is 2. The summed E-state index contributed by atoms with van der Waals surface area (Å²) in [4.78, 5) is 26.4. The summed E-state index contributed by atoms with van der Waals surface area (Å²) >= 11 is 0. The third-order valence-electron chi connectivity index (χ3n) is 6.55. The first kappa shape index (κ1) is 25.6. The Hall–Kier alpha value is -3.06. The number of carbonyl (C=O) groups is 1. The first-order valence-electron chi connectivity index (χ1n) is 12.4. The first-order valence-corrected chi connectivity index (χ1v) is 12.4. The van der Waals surface area contributed by atoms with Gasteiger partial charge in [-0.2, -0.15) is 0 Å². The Morgan fingerprint density at radius 3 is 2.44 bits per heavy atom. The lowest BCUT2D eigenvalue weighted by Crippen LogP contribution is -2.20. The average molecular weight is 468 g/mol. The molecule has 0 aliphatic rings. The van der Waals surface area contributed by atoms with Gasteiger partial charge in [0.15, 0.2) is 5.56 Å². The third-order valence-corrected chi connectivity index (χ3v) is 6.55. The van der Waals surface area contributed by atoms with Crippen LogP contribution in [0.25, 0.3) is 22.2 Å². The van der Waals surface area contributed by atoms with Gasteiger partial charge in [0.1, 0.15) is 5.75 Å². The second kappa shape index (κ2) is 11.9. The van der Waals surface area contributed by atoms with Crippen molar-refractivity contribution in [2.75, 3.05) is 6.54 Å². The van der Waals surface area contributed by atoms with E-state index in [4.69, 9.17) is 0 Å². The molecule has 3 rings (SSSR count). The molecule has 0 fully saturated rings. The summed E-state index contributed by atoms with van der Waals surface area (Å²) in [5.74, 6) is -1.90. The fourth-order valence-corrected chi connectivity index (χ4v) is 4.57. The van der Waals surface area contributed by atoms with Crippen molar-refractivity contribution >= 4 is 16.9 Å². The molecule has 0 spiro atoms. The van der Waals surface area contributed by atoms with Crippen molar-refractivity contribution < 1.29 is 15.0 Å². The predicted molar refractivity (Wildman–Crippen MR) is 137 cm³/mol. The van der Waals surface area contributed by atoms with E-state index in [0.29, 0.717) is 17.7 Å². The normalized spacial score (nSPS) is 11.4. The molecule has 2 aromatic heterocycles. The number of aryl methyl sites for hydroxylation is 1. The Kier molecular flexibility index (Phi) is 8.93. The van der Waals surface area contributed by atoms with Crippen LogP contribution in [0.5, 0.6) is 5.75 Å². The number of hydrogen-bond acceptors (Lipinski definition) is 4. The molecule has 0 saturated heterocycles. The maximum absolute atomic E-state index is 12.3. The van der Waals surface area contributed by atoms with Gasteiger partial charge in [-0.25, -0.2) is 4.79 Å². The van der Waals surface area contributed by atoms with Crippen molar-refractivity contribution in [2.24, 2.45) is 7.05 Å². The van der Waals surface area contributed by atoms with Gasteiger partial charge in [0, 0.05) is 35.8 Å². The zero-order valence-electron chi connectivity index (χ0n) is 20.5. The molecule has 34 heavy (non-hydrogen) atoms. The molecule has 0 bridgehead atoms. The number of hydrogen-bond donors (Lipinski definition) is 4. The number of pyridine rings is 1. The van der Waals surface area contributed by atoms with Crippen molar-refractivity contribution in [3.05, 3.63) is 51.4 Å². The molecule has 0 amide bonds. The van der Waals surface area contributed by atoms with E-state index >= 15 is 0 Å². The van der Waals surface area contributed by atoms with Crippen molar-refractivity contribution in [1.82, 2.24) is 14.9 Å². The number of nitrogens with zero attached hydrogens (tertiary/aromatic N) is 1. The monoisotopic (exact) mass is 467 g/mol. The second-order valence-corrected chi connectivity index (χ2v) is 8.96. The molecule has 184 valence electrons. The Morgan fingerprint density at radius 2 is 1.76 bits per heavy atom. The van der Waals surface area contributed by atoms with Crippen LogP contribution in [0.1, 0.15) is 80.4 Å². The highest BCUT2D eigenvalue weighted by molar-refractivity contribution is 5.92. The largest absolute Gasteiger partial charge is 0.506 e. The molecule has 7 heteroatoms. The highest BCUT2D eigenvalue weighted by Gasteiger charge is 2.22. The van der Waals surface area contributed by atoms with E-state index in [2.05, 4.69) is 27.9 Å². The summed E-state index contributed by atoms with van der Waals surface area (Å²) in [5, 5.41) is 24.3. The number of fused-ring (bicyclic) bond motifs is 1. The highest BCUT2D eigenvalue weighted by atomic mass is 16.4. The topological polar surface area (TPSA) is 107 Å². The van der Waals surface area contributed by atoms with Crippen LogP contribution in [0.4, 0.5) is 0 Å². The van der Waals surface area contributed by atoms with Crippen LogP contribution in [0.15, 0.2) is 29.1 Å². The lowest BCUT2D eigenvalue weighted by Gasteiger charge is -2.12. The van der Waals surface area contributed by atoms with Crippen LogP contribution >= 0.6 is 0 Å². The van der Waals surface area contributed by atoms with Crippen molar-refractivity contribution in [1.29, 1.82) is 0 Å². The Balaban J connectivity index is 1.73. The molecule has 0 aliphatic heterocycles. The van der Waals surface area contributed by atoms with Crippen LogP contribution in [0.2, 0.25) is 0 Å². The number of rotatable bonds is 13. The minimum absolute atomic E-state index is 0.388. The fourth-order valence-electron chi connectivity index (χ4n) is 4.57. The van der Waals surface area contributed by atoms with E-state index in [1.165, 1.54) is 50.6 Å². The summed E-state index contributed by atoms with van der Waals surface area (Å²) in [6, 6.07) is 7.98. The van der Waals surface area contributed by atoms with Crippen LogP contribution in [0.3, 0.4) is 0 Å². The van der Waals surface area contributed by atoms with E-state index in [1.54, 1.807) is 0 Å². The lowest BCUT2D eigenvalue weighted by atomic mass is 9.99. The van der Waals surface area contributed by atoms with E-state index in [9.17, 15) is 19.8 Å². The van der Waals surface area contributed by atoms with Crippen LogP contribution in [-0.2, 0) is 20.0 Å². The number of aromatic amines is 1. The molecule has 0 unspecified atom stereocenters. The van der Waals surface area contributed by atoms with Crippen LogP contribution in [0, 0.1) is 0 Å². The van der Waals surface area contributed by atoms with E-state index in [1.807, 2.05) is 32.2 Å². The predicted octanol–water partition coefficient (Wildman–Crippen LogP) is 5.34. The number of carboxylic acid groups (broad SMARTS) is 1. The smallest absolute Gasteiger partial charge is 0.345 e. The molecule has 7 nitrogen and oxygen atoms in total. The van der Waals surface area contributed by atoms with Gasteiger partial charge in [-0.05, 0) is 43.1 Å². The molecular weight excluding hydrogens is 430 g/mol. The molecule has 0 saturated carbocycles. The minimum Gasteiger partial charge on any atom is -0.506 e. The number of aromatic nitrogens is 2. The number of unbranched alkanes of at least 4 members (excludes halogenated alkanes) is 6. The summed E-state index contributed by atoms with van der Waals surface area (Å²) < 4.78 is 2.16. The van der Waals surface area contributed by atoms with Gasteiger partial charge in [-0.15, -0.1) is 0 Å². The average Bonchev–Trinajstić information content (AvgIpc) is 3.12. The van der Waals surface area contributed by atoms with Gasteiger partial charge in [-0.1, -0.05) is 58.4 Å². The zero-order valence-corrected chi connectivity index (χ0v) is 20.5. The summed E-state index contributed by atoms with van der Waals surface area (Å²) in [7, 11) is 2.04. The van der Waals surface area contributed by atoms with Crippen LogP contribution < -0.4 is 10.9 Å². The summed E-state index contributed by atoms with van der Waals surface area (Å²) in [6.45, 7) is 5.83. The lowest BCUT2D eigenvalue weighted by molar-refractivity contribution is 0.0691. The number of H-pyrrole nitrogens is 1. The maximum Gasteiger partial charge on any atom is 0.345 e. The molecule has 3 aromatic rings. The Bertz CT molecular complexity index is 1190. The minimum atomic E-state index is -1.44. The van der Waals surface area contributed by atoms with Crippen molar-refractivity contribution in [2.45, 2.75) is 71.8 Å². The summed E-state index contributed by atoms with van der Waals surface area (Å²) in [6.07, 6.45) is 9.45. The standard InChI is InChI=1S/C27H37N3O4/c1-4-6-7-8-9-10-11-14-28-17-20-16-19-15-18(12-13-22(19)30(20)3)24-21(5-2)25(31)23(27(33)34)26(32)29-24/h12-13,15-16,28H,4-11,14,17H2,1-3H3,(H,33,34)(H2,29,31,32). The van der Waals surface area contributed by atoms with Gasteiger partial charge in [-0.3, -0.25) is 4.79 Å². The number of benzene rings is 1. The van der Waals surface area contributed by atoms with Gasteiger partial charge < -0.3 is 25.1 Å². The number of carboxylic acids is 1. The van der Waals surface area contributed by atoms with Crippen LogP contribution in [-0.4, -0.2) is 32.3 Å². The van der Waals surface area contributed by atoms with E-state index < -0.39 is 22.8 Å². The van der Waals surface area contributed by atoms with E-state index in [0.717, 1.165) is 29.6 Å². The summed E-state index contributed by atoms with van der Waals surface area (Å²) in [5.41, 5.74) is 2.44. The van der Waals surface area contributed by atoms with Crippen molar-refractivity contribution in [3.8, 4) is 17.0 Å². The molecule has 2 heterocycles. The SMILES string of the molecule is CCCCCCCCCNCc1cc2cc(-c3[nH]c(=O)c(C(=O)O)c(O)c3CC)ccc2n1C. The molecule has 0 aliphatic carbocycles. The van der Waals surface area contributed by atoms with Gasteiger partial charge >= 0.3 is 5.97 Å². The molecule has 0 atom stereocenters. The fraction of sp³-hybridized carbons (Fsp3) is 0.481. The number of aromatic hydroxyl groups is 1. The maximum atomic E-state index is 12.3. The Morgan fingerprint density at radius 1 is 1.06 bits per heavy atom. The van der Waals surface area contributed by atoms with Crippen molar-refractivity contribution in [3.63, 3.8) is 0 Å². The second-order valence-electron chi connectivity index (χ2n) is 8.96. The molecule has 1 aromatic carbocycles. The van der Waals surface area contributed by atoms with E-state index in [-0.39, 0.29) is 0 Å². The van der Waals surface area contributed by atoms with Gasteiger partial charge in [0.2, 0.25) is 0 Å². The quantitative estimate of drug-likeness (QED) is 0.254. The Labute approximate surface area is 200 Å². The molecular formula is C27H37N3O4. The first-order chi connectivity index (χ1) is 16.4. The molecule has 0 radical (unpaired) electrons.